The highest BCUT2D eigenvalue weighted by Gasteiger charge is 1.86. The monoisotopic (exact) mass is 170 g/mol. The minimum absolute atomic E-state index is 0.0390. The lowest BCUT2D eigenvalue weighted by Crippen LogP contribution is -2.20. The number of carbonyl (C=O) groups is 2. The molecule has 0 rings (SSSR count). The molecule has 0 fully saturated rings. The third kappa shape index (κ3) is 8.68. The fraction of sp³-hybridized carbons (Fsp3) is 0.500. The van der Waals surface area contributed by atoms with Crippen molar-refractivity contribution in [1.29, 1.82) is 0 Å². The van der Waals surface area contributed by atoms with Crippen LogP contribution in [-0.4, -0.2) is 18.4 Å². The predicted octanol–water partition coefficient (Wildman–Crippen LogP) is 0.162. The molecule has 68 valence electrons. The fourth-order valence-corrected chi connectivity index (χ4v) is 0.591. The van der Waals surface area contributed by atoms with Crippen LogP contribution in [0.2, 0.25) is 0 Å². The Balaban J connectivity index is 3.25. The number of carbonyl (C=O) groups excluding carboxylic acids is 2. The first-order valence-electron chi connectivity index (χ1n) is 3.79. The molecule has 0 radical (unpaired) electrons. The van der Waals surface area contributed by atoms with Crippen molar-refractivity contribution in [3.8, 4) is 0 Å². The molecule has 0 unspecified atom stereocenters. The summed E-state index contributed by atoms with van der Waals surface area (Å²) in [6, 6.07) is 0. The molecule has 0 bridgehead atoms. The van der Waals surface area contributed by atoms with Crippen molar-refractivity contribution in [3.63, 3.8) is 0 Å². The van der Waals surface area contributed by atoms with Gasteiger partial charge < -0.3 is 10.6 Å². The Kier molecular flexibility index (Phi) is 5.69. The molecular formula is C8H14N2O2. The van der Waals surface area contributed by atoms with Crippen molar-refractivity contribution in [1.82, 2.24) is 10.6 Å². The maximum Gasteiger partial charge on any atom is 0.220 e. The van der Waals surface area contributed by atoms with Crippen molar-refractivity contribution in [3.05, 3.63) is 12.3 Å². The number of rotatable bonds is 4. The van der Waals surface area contributed by atoms with Crippen LogP contribution in [0.25, 0.3) is 0 Å². The van der Waals surface area contributed by atoms with Crippen LogP contribution >= 0.6 is 0 Å². The summed E-state index contributed by atoms with van der Waals surface area (Å²) in [6.45, 7) is 3.51. The molecule has 0 aliphatic heterocycles. The van der Waals surface area contributed by atoms with Crippen LogP contribution in [-0.2, 0) is 9.59 Å². The number of hydrogen-bond acceptors (Lipinski definition) is 2. The van der Waals surface area contributed by atoms with Gasteiger partial charge in [-0.1, -0.05) is 6.08 Å². The molecule has 4 nitrogen and oxygen atoms in total. The molecule has 0 aliphatic carbocycles. The summed E-state index contributed by atoms with van der Waals surface area (Å²) < 4.78 is 0. The summed E-state index contributed by atoms with van der Waals surface area (Å²) >= 11 is 0. The van der Waals surface area contributed by atoms with E-state index in [2.05, 4.69) is 10.6 Å². The summed E-state index contributed by atoms with van der Waals surface area (Å²) in [5, 5.41) is 5.13. The molecule has 0 heterocycles. The van der Waals surface area contributed by atoms with E-state index >= 15 is 0 Å². The lowest BCUT2D eigenvalue weighted by molar-refractivity contribution is -0.119. The second kappa shape index (κ2) is 6.39. The fourth-order valence-electron chi connectivity index (χ4n) is 0.591. The van der Waals surface area contributed by atoms with E-state index in [-0.39, 0.29) is 11.8 Å². The van der Waals surface area contributed by atoms with Crippen molar-refractivity contribution in [2.75, 3.05) is 6.54 Å². The van der Waals surface area contributed by atoms with Gasteiger partial charge in [0.2, 0.25) is 11.8 Å². The highest BCUT2D eigenvalue weighted by atomic mass is 16.1. The maximum atomic E-state index is 10.4. The van der Waals surface area contributed by atoms with Gasteiger partial charge in [0.25, 0.3) is 0 Å². The highest BCUT2D eigenvalue weighted by molar-refractivity contribution is 5.74. The lowest BCUT2D eigenvalue weighted by Gasteiger charge is -1.96. The first kappa shape index (κ1) is 10.7. The lowest BCUT2D eigenvalue weighted by atomic mass is 10.4. The molecule has 12 heavy (non-hydrogen) atoms. The first-order chi connectivity index (χ1) is 5.63. The van der Waals surface area contributed by atoms with E-state index in [9.17, 15) is 9.59 Å². The Hall–Kier alpha value is -1.32. The zero-order chi connectivity index (χ0) is 9.40. The minimum Gasteiger partial charge on any atom is -0.356 e. The quantitative estimate of drug-likeness (QED) is 0.590. The number of amides is 2. The summed E-state index contributed by atoms with van der Waals surface area (Å²) in [6.07, 6.45) is 4.08. The van der Waals surface area contributed by atoms with Crippen LogP contribution in [0.3, 0.4) is 0 Å². The van der Waals surface area contributed by atoms with Gasteiger partial charge in [-0.15, -0.1) is 0 Å². The Labute approximate surface area is 72.0 Å². The predicted molar refractivity (Wildman–Crippen MR) is 46.3 cm³/mol. The smallest absolute Gasteiger partial charge is 0.220 e. The van der Waals surface area contributed by atoms with Gasteiger partial charge >= 0.3 is 0 Å². The Morgan fingerprint density at radius 2 is 1.92 bits per heavy atom. The van der Waals surface area contributed by atoms with Crippen molar-refractivity contribution >= 4 is 11.8 Å². The standard InChI is InChI=1S/C8H14N2O2/c1-7(11)9-5-3-4-6-10-8(2)12/h3,5H,4,6H2,1-2H3,(H,9,11)(H,10,12). The molecule has 0 aliphatic rings. The topological polar surface area (TPSA) is 58.2 Å². The van der Waals surface area contributed by atoms with E-state index in [1.165, 1.54) is 13.8 Å². The van der Waals surface area contributed by atoms with Gasteiger partial charge in [0.1, 0.15) is 0 Å². The largest absolute Gasteiger partial charge is 0.356 e. The van der Waals surface area contributed by atoms with Gasteiger partial charge in [-0.2, -0.15) is 0 Å². The van der Waals surface area contributed by atoms with Gasteiger partial charge in [0.15, 0.2) is 0 Å². The summed E-state index contributed by atoms with van der Waals surface area (Å²) in [5.74, 6) is -0.131. The van der Waals surface area contributed by atoms with Crippen LogP contribution < -0.4 is 10.6 Å². The number of nitrogens with one attached hydrogen (secondary N) is 2. The Morgan fingerprint density at radius 1 is 1.25 bits per heavy atom. The third-order valence-corrected chi connectivity index (χ3v) is 1.09. The second-order valence-electron chi connectivity index (χ2n) is 2.37. The molecule has 0 aromatic carbocycles. The van der Waals surface area contributed by atoms with Crippen molar-refractivity contribution < 1.29 is 9.59 Å². The highest BCUT2D eigenvalue weighted by Crippen LogP contribution is 1.78. The van der Waals surface area contributed by atoms with Gasteiger partial charge in [-0.3, -0.25) is 9.59 Å². The van der Waals surface area contributed by atoms with E-state index in [0.717, 1.165) is 6.42 Å². The summed E-state index contributed by atoms with van der Waals surface area (Å²) in [4.78, 5) is 20.7. The molecule has 2 amide bonds. The molecule has 0 aromatic heterocycles. The average molecular weight is 170 g/mol. The molecule has 2 N–H and O–H groups in total. The van der Waals surface area contributed by atoms with Gasteiger partial charge in [-0.25, -0.2) is 0 Å². The normalized spacial score (nSPS) is 9.83. The van der Waals surface area contributed by atoms with Crippen molar-refractivity contribution in [2.24, 2.45) is 0 Å². The number of hydrogen-bond donors (Lipinski definition) is 2. The second-order valence-corrected chi connectivity index (χ2v) is 2.37. The molecule has 0 aromatic rings. The van der Waals surface area contributed by atoms with Crippen LogP contribution in [0.4, 0.5) is 0 Å². The molecule has 0 spiro atoms. The SMILES string of the molecule is CC(=O)NC=CCCNC(C)=O. The Bertz CT molecular complexity index is 187. The zero-order valence-corrected chi connectivity index (χ0v) is 7.39. The molecular weight excluding hydrogens is 156 g/mol. The van der Waals surface area contributed by atoms with Crippen LogP contribution in [0.15, 0.2) is 12.3 Å². The molecule has 0 atom stereocenters. The van der Waals surface area contributed by atoms with Gasteiger partial charge in [0.05, 0.1) is 0 Å². The van der Waals surface area contributed by atoms with E-state index < -0.39 is 0 Å². The molecule has 4 heteroatoms. The van der Waals surface area contributed by atoms with Crippen LogP contribution in [0.1, 0.15) is 20.3 Å². The van der Waals surface area contributed by atoms with E-state index in [0.29, 0.717) is 6.54 Å². The van der Waals surface area contributed by atoms with Crippen molar-refractivity contribution in [2.45, 2.75) is 20.3 Å². The first-order valence-corrected chi connectivity index (χ1v) is 3.79. The summed E-state index contributed by atoms with van der Waals surface area (Å²) in [5.41, 5.74) is 0. The molecule has 0 saturated heterocycles. The minimum atomic E-state index is -0.0919. The zero-order valence-electron chi connectivity index (χ0n) is 7.39. The van der Waals surface area contributed by atoms with E-state index in [1.54, 1.807) is 12.3 Å². The summed E-state index contributed by atoms with van der Waals surface area (Å²) in [7, 11) is 0. The van der Waals surface area contributed by atoms with Gasteiger partial charge in [0, 0.05) is 20.4 Å². The maximum absolute atomic E-state index is 10.4. The molecule has 0 saturated carbocycles. The van der Waals surface area contributed by atoms with E-state index in [4.69, 9.17) is 0 Å². The Morgan fingerprint density at radius 3 is 2.42 bits per heavy atom. The third-order valence-electron chi connectivity index (χ3n) is 1.09. The van der Waals surface area contributed by atoms with E-state index in [1.807, 2.05) is 0 Å². The average Bonchev–Trinajstić information content (AvgIpc) is 1.95. The van der Waals surface area contributed by atoms with Gasteiger partial charge in [-0.05, 0) is 12.6 Å². The van der Waals surface area contributed by atoms with Crippen LogP contribution in [0.5, 0.6) is 0 Å². The van der Waals surface area contributed by atoms with Crippen LogP contribution in [0, 0.1) is 0 Å².